The molecule has 12 fully saturated rings. The number of allylic oxidation sites excluding steroid dienone is 3. The Morgan fingerprint density at radius 3 is 1.26 bits per heavy atom. The van der Waals surface area contributed by atoms with E-state index in [9.17, 15) is 84.0 Å². The van der Waals surface area contributed by atoms with Crippen LogP contribution in [0.3, 0.4) is 0 Å². The van der Waals surface area contributed by atoms with E-state index in [0.29, 0.717) is 63.7 Å². The number of Topliss-reactive ketones (excluding diaryl/α,β-unsaturated/α-hetero) is 3. The van der Waals surface area contributed by atoms with Gasteiger partial charge in [-0.25, -0.2) is 0 Å². The number of rotatable bonds is 10. The SMILES string of the molecule is CC1(C)C(=O)C(I)=C[C@@]23NC(=O)C4(CCCC4C2=O)CC13.CC1(C)C(=O)C(c2cc(-c3ccccc3)ccc2[N+](=O)[O-])=C[C@@]23NC(=O)C4(CCCN4C2=O)CC13.CC1(C)C2=[N+]([O-])c3ccc(-c4ccccc4)cc3C2=C[C@@]23NC(=O)C4(CCCN4C2=O)CC13.Nc1cc(-c2ccccc2)ccc1[N+](=O)[O-].O=[N+]([O-])c1ccc(-c2ccccc2)cc1.O=[N+]([O-])c1ccc(-c2ccccc2)cc1I. The molecule has 0 aromatic heterocycles. The highest BCUT2D eigenvalue weighted by Gasteiger charge is 2.77. The normalized spacial score (nSPS) is 26.5. The van der Waals surface area contributed by atoms with Gasteiger partial charge in [0.05, 0.1) is 54.4 Å². The van der Waals surface area contributed by atoms with Crippen molar-refractivity contribution in [2.24, 2.45) is 45.3 Å². The Morgan fingerprint density at radius 1 is 0.397 bits per heavy atom. The molecule has 7 unspecified atom stereocenters. The molecule has 6 spiro atoms. The molecular formula is C106H95I2N11O17. The number of hydrogen-bond donors (Lipinski definition) is 4. The van der Waals surface area contributed by atoms with Crippen LogP contribution in [-0.2, 0) is 38.4 Å². The number of nitrogens with one attached hydrogen (secondary N) is 3. The predicted octanol–water partition coefficient (Wildman–Crippen LogP) is 19.3. The van der Waals surface area contributed by atoms with Crippen LogP contribution in [0.2, 0.25) is 0 Å². The fourth-order valence-electron chi connectivity index (χ4n) is 23.7. The minimum absolute atomic E-state index is 0.0133. The Kier molecular flexibility index (Phi) is 23.5. The lowest BCUT2D eigenvalue weighted by Gasteiger charge is -2.62. The summed E-state index contributed by atoms with van der Waals surface area (Å²) in [5.74, 6) is -1.30. The number of non-ortho nitro benzene ring substituents is 1. The van der Waals surface area contributed by atoms with E-state index in [4.69, 9.17) is 5.73 Å². The lowest BCUT2D eigenvalue weighted by molar-refractivity contribution is -0.385. The maximum Gasteiger partial charge on any atom is 0.292 e. The van der Waals surface area contributed by atoms with Crippen LogP contribution >= 0.6 is 45.2 Å². The molecule has 0 radical (unpaired) electrons. The van der Waals surface area contributed by atoms with Crippen molar-refractivity contribution in [3.05, 3.63) is 331 Å². The number of hydrogen-bond acceptors (Lipinski definition) is 18. The standard InChI is InChI=1S/C27H25N3O5.C27H25N3O3.C16H18INO3.C12H8INO2.C12H10N2O2.C12H9NO2/c1-25(2)21-15-26-11-6-12-29(26)24(33)27(21,28-23(26)32)14-19(22(25)31)18-13-17(9-10-20(18)30(34)35)16-7-4-3-5-8-16;1-25(2)21-15-26-11-6-12-29(26)24(32)27(21,28-23(26)31)14-19-18-13-17(16-7-4-3-5-8-16)9-10-20(18)30(33)22(19)25;1-14(2)10-7-15-5-3-4-8(15)11(19)16(10,18-13(15)21)6-9(17)12(14)20;2*13-11-8-10(6-7-12(11)14(15)16)9-4-2-1-3-5-9;14-13(15)12-8-6-11(7-9-12)10-4-2-1-3-5-10/h3-5,7-10,13-14,21H,6,11-12,15H2,1-2H3,(H,28,32);3-5,7-10,13-14,21H,6,11-12,15H2,1-2H3,(H,28,31);6,8,10H,3-5,7H2,1-2H3,(H,18,21);1-8H;1-8H,13H2;1-9H/t2*21?,26?,27-;8?,10?,15?,16-;;;/m000.../s1. The van der Waals surface area contributed by atoms with Crippen LogP contribution in [0.5, 0.6) is 0 Å². The molecule has 5 amide bonds. The first-order valence-corrected chi connectivity index (χ1v) is 47.3. The van der Waals surface area contributed by atoms with Gasteiger partial charge in [0, 0.05) is 89.6 Å². The molecule has 11 aliphatic heterocycles. The van der Waals surface area contributed by atoms with Crippen LogP contribution in [0.4, 0.5) is 34.1 Å². The zero-order valence-electron chi connectivity index (χ0n) is 75.1. The van der Waals surface area contributed by atoms with Crippen molar-refractivity contribution in [1.29, 1.82) is 0 Å². The number of nitrogens with zero attached hydrogens (tertiary/aromatic N) is 7. The Morgan fingerprint density at radius 2 is 0.794 bits per heavy atom. The molecule has 10 saturated heterocycles. The molecule has 11 heterocycles. The minimum atomic E-state index is -1.40. The second kappa shape index (κ2) is 34.5. The summed E-state index contributed by atoms with van der Waals surface area (Å²) in [6.07, 6.45) is 12.3. The molecule has 10 aromatic carbocycles. The van der Waals surface area contributed by atoms with Crippen LogP contribution < -0.4 is 21.7 Å². The topological polar surface area (TPSA) is 404 Å². The van der Waals surface area contributed by atoms with Gasteiger partial charge in [0.15, 0.2) is 17.3 Å². The average molecular weight is 2050 g/mol. The summed E-state index contributed by atoms with van der Waals surface area (Å²) >= 11 is 4.00. The summed E-state index contributed by atoms with van der Waals surface area (Å²) in [5.41, 5.74) is 10.8. The smallest absolute Gasteiger partial charge is 0.292 e. The number of anilines is 1. The van der Waals surface area contributed by atoms with E-state index < -0.39 is 70.0 Å². The van der Waals surface area contributed by atoms with Gasteiger partial charge in [-0.3, -0.25) is 78.8 Å². The van der Waals surface area contributed by atoms with Crippen molar-refractivity contribution in [1.82, 2.24) is 25.8 Å². The van der Waals surface area contributed by atoms with E-state index in [0.717, 1.165) is 104 Å². The predicted molar refractivity (Wildman–Crippen MR) is 530 cm³/mol. The Bertz CT molecular complexity index is 6800. The minimum Gasteiger partial charge on any atom is -0.618 e. The molecular weight excluding hydrogens is 1950 g/mol. The monoisotopic (exact) mass is 2050 g/mol. The van der Waals surface area contributed by atoms with E-state index >= 15 is 0 Å². The van der Waals surface area contributed by atoms with Crippen LogP contribution in [0.1, 0.15) is 117 Å². The molecule has 30 heteroatoms. The van der Waals surface area contributed by atoms with Crippen LogP contribution in [-0.4, -0.2) is 128 Å². The molecule has 10 aromatic rings. The zero-order chi connectivity index (χ0) is 96.5. The highest BCUT2D eigenvalue weighted by Crippen LogP contribution is 2.66. The number of nitrogen functional groups attached to an aromatic ring is 1. The van der Waals surface area contributed by atoms with Crippen LogP contribution in [0.25, 0.3) is 66.8 Å². The number of piperazine rings is 2. The van der Waals surface area contributed by atoms with Crippen LogP contribution in [0, 0.1) is 94.6 Å². The molecule has 690 valence electrons. The van der Waals surface area contributed by atoms with Gasteiger partial charge in [0.2, 0.25) is 29.1 Å². The molecule has 28 nitrogen and oxygen atoms in total. The number of ketones is 3. The Hall–Kier alpha value is -13.9. The van der Waals surface area contributed by atoms with Gasteiger partial charge in [-0.15, -0.1) is 0 Å². The van der Waals surface area contributed by atoms with Gasteiger partial charge in [-0.2, -0.15) is 4.74 Å². The number of nitrogens with two attached hydrogens (primary N) is 1. The highest BCUT2D eigenvalue weighted by molar-refractivity contribution is 14.1. The summed E-state index contributed by atoms with van der Waals surface area (Å²) in [5, 5.41) is 66.5. The molecule has 5 N–H and O–H groups in total. The first kappa shape index (κ1) is 92.6. The van der Waals surface area contributed by atoms with Gasteiger partial charge in [0.1, 0.15) is 33.4 Å². The van der Waals surface area contributed by atoms with E-state index in [-0.39, 0.29) is 109 Å². The fraction of sp³-hybridized carbons (Fsp3) is 0.292. The van der Waals surface area contributed by atoms with Gasteiger partial charge in [-0.1, -0.05) is 186 Å². The third kappa shape index (κ3) is 14.9. The van der Waals surface area contributed by atoms with Gasteiger partial charge in [-0.05, 0) is 251 Å². The second-order valence-electron chi connectivity index (χ2n) is 38.8. The van der Waals surface area contributed by atoms with Crippen molar-refractivity contribution < 1.29 is 62.8 Å². The molecule has 5 aliphatic carbocycles. The Balaban J connectivity index is 0.000000113. The van der Waals surface area contributed by atoms with E-state index in [1.807, 2.05) is 246 Å². The largest absolute Gasteiger partial charge is 0.618 e. The first-order chi connectivity index (χ1) is 64.8. The number of piperidine rings is 6. The summed E-state index contributed by atoms with van der Waals surface area (Å²) in [4.78, 5) is 152. The van der Waals surface area contributed by atoms with Crippen molar-refractivity contribution in [2.45, 2.75) is 133 Å². The average Bonchev–Trinajstić information content (AvgIpc) is 1.30. The number of amides is 5. The molecule has 16 aliphatic rings. The van der Waals surface area contributed by atoms with Crippen molar-refractivity contribution in [2.75, 3.05) is 18.8 Å². The molecule has 6 bridgehead atoms. The summed E-state index contributed by atoms with van der Waals surface area (Å²) in [7, 11) is 0. The second-order valence-corrected chi connectivity index (χ2v) is 41.1. The fourth-order valence-corrected chi connectivity index (χ4v) is 25.6. The first-order valence-electron chi connectivity index (χ1n) is 45.2. The van der Waals surface area contributed by atoms with Crippen molar-refractivity contribution in [3.8, 4) is 55.6 Å². The van der Waals surface area contributed by atoms with Crippen LogP contribution in [0.15, 0.2) is 271 Å². The number of benzene rings is 10. The number of carbonyl (C=O) groups excluding carboxylic acids is 8. The number of carbonyl (C=O) groups is 8. The third-order valence-electron chi connectivity index (χ3n) is 30.6. The maximum atomic E-state index is 13.9. The molecule has 136 heavy (non-hydrogen) atoms. The zero-order valence-corrected chi connectivity index (χ0v) is 79.4. The molecule has 2 saturated carbocycles. The summed E-state index contributed by atoms with van der Waals surface area (Å²) in [6, 6.07) is 75.7. The van der Waals surface area contributed by atoms with E-state index in [2.05, 4.69) is 29.8 Å². The number of nitro benzene ring substituents is 4. The van der Waals surface area contributed by atoms with Gasteiger partial charge in [0.25, 0.3) is 34.6 Å². The third-order valence-corrected chi connectivity index (χ3v) is 32.3. The number of halogens is 2. The highest BCUT2D eigenvalue weighted by atomic mass is 127. The van der Waals surface area contributed by atoms with E-state index in [1.165, 1.54) is 30.3 Å². The lowest BCUT2D eigenvalue weighted by atomic mass is 9.46. The van der Waals surface area contributed by atoms with Crippen molar-refractivity contribution in [3.63, 3.8) is 0 Å². The summed E-state index contributed by atoms with van der Waals surface area (Å²) in [6.45, 7) is 12.7. The quantitative estimate of drug-likeness (QED) is 0.0247. The number of nitro groups is 4. The molecule has 26 rings (SSSR count). The van der Waals surface area contributed by atoms with Crippen molar-refractivity contribution >= 4 is 143 Å². The van der Waals surface area contributed by atoms with E-state index in [1.54, 1.807) is 73.4 Å². The lowest BCUT2D eigenvalue weighted by Crippen LogP contribution is -2.83. The Labute approximate surface area is 809 Å². The molecule has 10 atom stereocenters. The van der Waals surface area contributed by atoms with Gasteiger partial charge < -0.3 is 36.7 Å². The maximum absolute atomic E-state index is 13.9. The summed E-state index contributed by atoms with van der Waals surface area (Å²) < 4.78 is 2.29. The van der Waals surface area contributed by atoms with Gasteiger partial charge >= 0.3 is 0 Å². The number of fused-ring (bicyclic) bond motifs is 6.